The Balaban J connectivity index is 1.40. The van der Waals surface area contributed by atoms with Gasteiger partial charge in [0.1, 0.15) is 0 Å². The van der Waals surface area contributed by atoms with Crippen LogP contribution in [-0.2, 0) is 28.9 Å². The Labute approximate surface area is 167 Å². The Morgan fingerprint density at radius 1 is 0.929 bits per heavy atom. The van der Waals surface area contributed by atoms with Crippen LogP contribution in [0.1, 0.15) is 30.0 Å². The van der Waals surface area contributed by atoms with Gasteiger partial charge in [-0.15, -0.1) is 0 Å². The maximum atomic E-state index is 12.0. The largest absolute Gasteiger partial charge is 0.372 e. The highest BCUT2D eigenvalue weighted by Crippen LogP contribution is 2.27. The normalized spacial score (nSPS) is 13.0. The van der Waals surface area contributed by atoms with E-state index in [4.69, 9.17) is 0 Å². The zero-order chi connectivity index (χ0) is 19.8. The van der Waals surface area contributed by atoms with Crippen LogP contribution in [0.3, 0.4) is 0 Å². The highest BCUT2D eigenvalue weighted by Gasteiger charge is 2.16. The SMILES string of the molecule is CCN1CCCc2cc(CCNC(=O)C(=O)NCCc3ccccc3)ccc21. The summed E-state index contributed by atoms with van der Waals surface area (Å²) in [6.45, 7) is 5.25. The number of amides is 2. The van der Waals surface area contributed by atoms with Crippen molar-refractivity contribution in [3.8, 4) is 0 Å². The Bertz CT molecular complexity index is 805. The van der Waals surface area contributed by atoms with Gasteiger partial charge in [0.15, 0.2) is 0 Å². The van der Waals surface area contributed by atoms with E-state index in [1.54, 1.807) is 0 Å². The number of carbonyl (C=O) groups excluding carboxylic acids is 2. The van der Waals surface area contributed by atoms with Crippen molar-refractivity contribution in [3.63, 3.8) is 0 Å². The number of fused-ring (bicyclic) bond motifs is 1. The topological polar surface area (TPSA) is 61.4 Å². The third-order valence-corrected chi connectivity index (χ3v) is 5.19. The molecule has 1 aliphatic heterocycles. The molecular formula is C23H29N3O2. The van der Waals surface area contributed by atoms with Crippen LogP contribution in [0.2, 0.25) is 0 Å². The fraction of sp³-hybridized carbons (Fsp3) is 0.391. The van der Waals surface area contributed by atoms with Crippen LogP contribution < -0.4 is 15.5 Å². The van der Waals surface area contributed by atoms with Gasteiger partial charge in [0.05, 0.1) is 0 Å². The van der Waals surface area contributed by atoms with E-state index < -0.39 is 11.8 Å². The molecular weight excluding hydrogens is 350 g/mol. The fourth-order valence-electron chi connectivity index (χ4n) is 3.66. The fourth-order valence-corrected chi connectivity index (χ4v) is 3.66. The minimum Gasteiger partial charge on any atom is -0.372 e. The zero-order valence-electron chi connectivity index (χ0n) is 16.5. The van der Waals surface area contributed by atoms with Crippen LogP contribution in [0.5, 0.6) is 0 Å². The zero-order valence-corrected chi connectivity index (χ0v) is 16.5. The monoisotopic (exact) mass is 379 g/mol. The van der Waals surface area contributed by atoms with Crippen molar-refractivity contribution in [2.75, 3.05) is 31.1 Å². The Kier molecular flexibility index (Phi) is 7.06. The Hall–Kier alpha value is -2.82. The van der Waals surface area contributed by atoms with Crippen molar-refractivity contribution < 1.29 is 9.59 Å². The Morgan fingerprint density at radius 2 is 1.61 bits per heavy atom. The predicted octanol–water partition coefficient (Wildman–Crippen LogP) is 2.48. The minimum atomic E-state index is -0.569. The summed E-state index contributed by atoms with van der Waals surface area (Å²) in [6.07, 6.45) is 3.73. The number of nitrogens with zero attached hydrogens (tertiary/aromatic N) is 1. The summed E-state index contributed by atoms with van der Waals surface area (Å²) in [5.74, 6) is -1.14. The van der Waals surface area contributed by atoms with Crippen molar-refractivity contribution in [1.82, 2.24) is 10.6 Å². The van der Waals surface area contributed by atoms with Gasteiger partial charge in [-0.2, -0.15) is 0 Å². The molecule has 0 spiro atoms. The highest BCUT2D eigenvalue weighted by molar-refractivity contribution is 6.35. The van der Waals surface area contributed by atoms with E-state index in [0.717, 1.165) is 31.5 Å². The maximum Gasteiger partial charge on any atom is 0.309 e. The standard InChI is InChI=1S/C23H29N3O2/c1-2-26-16-6-9-20-17-19(10-11-21(20)26)13-15-25-23(28)22(27)24-14-12-18-7-4-3-5-8-18/h3-5,7-8,10-11,17H,2,6,9,12-16H2,1H3,(H,24,27)(H,25,28). The van der Waals surface area contributed by atoms with Crippen molar-refractivity contribution in [1.29, 1.82) is 0 Å². The van der Waals surface area contributed by atoms with E-state index >= 15 is 0 Å². The summed E-state index contributed by atoms with van der Waals surface area (Å²) in [7, 11) is 0. The first-order chi connectivity index (χ1) is 13.7. The molecule has 0 unspecified atom stereocenters. The molecule has 2 amide bonds. The van der Waals surface area contributed by atoms with Gasteiger partial charge >= 0.3 is 11.8 Å². The number of carbonyl (C=O) groups is 2. The molecule has 0 bridgehead atoms. The smallest absolute Gasteiger partial charge is 0.309 e. The molecule has 0 aromatic heterocycles. The maximum absolute atomic E-state index is 12.0. The van der Waals surface area contributed by atoms with Crippen molar-refractivity contribution in [3.05, 3.63) is 65.2 Å². The lowest BCUT2D eigenvalue weighted by molar-refractivity contribution is -0.139. The molecule has 2 N–H and O–H groups in total. The Morgan fingerprint density at radius 3 is 2.29 bits per heavy atom. The first-order valence-corrected chi connectivity index (χ1v) is 10.1. The summed E-state index contributed by atoms with van der Waals surface area (Å²) in [4.78, 5) is 26.3. The predicted molar refractivity (Wildman–Crippen MR) is 113 cm³/mol. The highest BCUT2D eigenvalue weighted by atomic mass is 16.2. The molecule has 1 heterocycles. The van der Waals surface area contributed by atoms with Crippen LogP contribution in [-0.4, -0.2) is 38.0 Å². The second-order valence-electron chi connectivity index (χ2n) is 7.14. The second-order valence-corrected chi connectivity index (χ2v) is 7.14. The lowest BCUT2D eigenvalue weighted by Crippen LogP contribution is -2.41. The summed E-state index contributed by atoms with van der Waals surface area (Å²) in [5.41, 5.74) is 5.05. The molecule has 0 radical (unpaired) electrons. The average Bonchev–Trinajstić information content (AvgIpc) is 2.73. The van der Waals surface area contributed by atoms with Gasteiger partial charge in [0.25, 0.3) is 0 Å². The molecule has 0 saturated carbocycles. The van der Waals surface area contributed by atoms with E-state index in [-0.39, 0.29) is 0 Å². The van der Waals surface area contributed by atoms with Gasteiger partial charge in [-0.3, -0.25) is 9.59 Å². The molecule has 28 heavy (non-hydrogen) atoms. The van der Waals surface area contributed by atoms with Crippen molar-refractivity contribution in [2.24, 2.45) is 0 Å². The van der Waals surface area contributed by atoms with Crippen LogP contribution in [0.4, 0.5) is 5.69 Å². The summed E-state index contributed by atoms with van der Waals surface area (Å²) in [6, 6.07) is 16.4. The third kappa shape index (κ3) is 5.35. The molecule has 1 aliphatic rings. The molecule has 2 aromatic carbocycles. The van der Waals surface area contributed by atoms with Crippen molar-refractivity contribution >= 4 is 17.5 Å². The molecule has 0 fully saturated rings. The summed E-state index contributed by atoms with van der Waals surface area (Å²) < 4.78 is 0. The van der Waals surface area contributed by atoms with Gasteiger partial charge < -0.3 is 15.5 Å². The molecule has 148 valence electrons. The number of hydrogen-bond acceptors (Lipinski definition) is 3. The van der Waals surface area contributed by atoms with E-state index in [1.165, 1.54) is 23.2 Å². The van der Waals surface area contributed by atoms with Gasteiger partial charge in [0, 0.05) is 31.9 Å². The molecule has 3 rings (SSSR count). The third-order valence-electron chi connectivity index (χ3n) is 5.19. The number of anilines is 1. The summed E-state index contributed by atoms with van der Waals surface area (Å²) >= 11 is 0. The van der Waals surface area contributed by atoms with E-state index in [9.17, 15) is 9.59 Å². The number of hydrogen-bond donors (Lipinski definition) is 2. The van der Waals surface area contributed by atoms with Gasteiger partial charge in [-0.25, -0.2) is 0 Å². The quantitative estimate of drug-likeness (QED) is 0.727. The molecule has 0 atom stereocenters. The number of nitrogens with one attached hydrogen (secondary N) is 2. The van der Waals surface area contributed by atoms with Crippen LogP contribution in [0.15, 0.2) is 48.5 Å². The number of rotatable bonds is 7. The molecule has 2 aromatic rings. The summed E-state index contributed by atoms with van der Waals surface area (Å²) in [5, 5.41) is 5.39. The molecule has 0 aliphatic carbocycles. The molecule has 5 nitrogen and oxygen atoms in total. The second kappa shape index (κ2) is 9.93. The first kappa shape index (κ1) is 19.9. The number of aryl methyl sites for hydroxylation is 1. The van der Waals surface area contributed by atoms with Gasteiger partial charge in [-0.1, -0.05) is 42.5 Å². The average molecular weight is 380 g/mol. The van der Waals surface area contributed by atoms with Crippen LogP contribution >= 0.6 is 0 Å². The molecule has 5 heteroatoms. The number of benzene rings is 2. The van der Waals surface area contributed by atoms with E-state index in [2.05, 4.69) is 40.7 Å². The van der Waals surface area contributed by atoms with E-state index in [1.807, 2.05) is 30.3 Å². The lowest BCUT2D eigenvalue weighted by atomic mass is 9.98. The van der Waals surface area contributed by atoms with Crippen LogP contribution in [0.25, 0.3) is 0 Å². The lowest BCUT2D eigenvalue weighted by Gasteiger charge is -2.30. The minimum absolute atomic E-state index is 0.453. The molecule has 0 saturated heterocycles. The van der Waals surface area contributed by atoms with Gasteiger partial charge in [0.2, 0.25) is 0 Å². The van der Waals surface area contributed by atoms with Crippen LogP contribution in [0, 0.1) is 0 Å². The van der Waals surface area contributed by atoms with Crippen molar-refractivity contribution in [2.45, 2.75) is 32.6 Å². The van der Waals surface area contributed by atoms with E-state index in [0.29, 0.717) is 19.5 Å². The van der Waals surface area contributed by atoms with Gasteiger partial charge in [-0.05, 0) is 55.4 Å². The first-order valence-electron chi connectivity index (χ1n) is 10.1.